The lowest BCUT2D eigenvalue weighted by Crippen LogP contribution is -2.44. The standard InChI is InChI=1S/C16H15NO6/c1-10-8-17(23-16(22-10)13-3-2-6-19-13)15(18)11-4-5-12-14(7-11)21-9-20-12/h2-7,10,16H,8-9H2,1H3/t10-,16-/m1/s1. The monoisotopic (exact) mass is 317 g/mol. The molecule has 23 heavy (non-hydrogen) atoms. The number of fused-ring (bicyclic) bond motifs is 1. The number of benzene rings is 1. The molecule has 3 heterocycles. The summed E-state index contributed by atoms with van der Waals surface area (Å²) in [7, 11) is 0. The van der Waals surface area contributed by atoms with Crippen molar-refractivity contribution in [1.82, 2.24) is 5.06 Å². The number of hydroxylamine groups is 2. The minimum atomic E-state index is -0.744. The molecule has 120 valence electrons. The fourth-order valence-electron chi connectivity index (χ4n) is 2.52. The lowest BCUT2D eigenvalue weighted by Gasteiger charge is -2.34. The number of ether oxygens (including phenoxy) is 3. The largest absolute Gasteiger partial charge is 0.464 e. The summed E-state index contributed by atoms with van der Waals surface area (Å²) in [5, 5.41) is 1.29. The van der Waals surface area contributed by atoms with E-state index in [0.29, 0.717) is 29.4 Å². The van der Waals surface area contributed by atoms with Crippen LogP contribution in [0.1, 0.15) is 29.3 Å². The van der Waals surface area contributed by atoms with Gasteiger partial charge in [-0.2, -0.15) is 0 Å². The average Bonchev–Trinajstić information content (AvgIpc) is 3.24. The zero-order valence-corrected chi connectivity index (χ0v) is 12.4. The van der Waals surface area contributed by atoms with Gasteiger partial charge >= 0.3 is 0 Å². The highest BCUT2D eigenvalue weighted by atomic mass is 16.8. The van der Waals surface area contributed by atoms with E-state index in [2.05, 4.69) is 0 Å². The molecule has 1 aromatic carbocycles. The van der Waals surface area contributed by atoms with Crippen molar-refractivity contribution < 1.29 is 28.3 Å². The fourth-order valence-corrected chi connectivity index (χ4v) is 2.52. The topological polar surface area (TPSA) is 70.4 Å². The molecule has 0 radical (unpaired) electrons. The van der Waals surface area contributed by atoms with Gasteiger partial charge in [-0.1, -0.05) is 0 Å². The third-order valence-electron chi connectivity index (χ3n) is 3.62. The number of carbonyl (C=O) groups is 1. The minimum absolute atomic E-state index is 0.165. The molecule has 0 spiro atoms. The van der Waals surface area contributed by atoms with E-state index in [1.165, 1.54) is 11.3 Å². The SMILES string of the molecule is C[C@@H]1CN(C(=O)c2ccc3c(c2)OCO3)O[C@H](c2ccco2)O1. The van der Waals surface area contributed by atoms with Crippen LogP contribution in [0.15, 0.2) is 41.0 Å². The first-order valence-electron chi connectivity index (χ1n) is 7.28. The van der Waals surface area contributed by atoms with E-state index in [1.54, 1.807) is 30.3 Å². The van der Waals surface area contributed by atoms with Gasteiger partial charge in [0.15, 0.2) is 17.3 Å². The van der Waals surface area contributed by atoms with Gasteiger partial charge in [0.05, 0.1) is 18.9 Å². The Bertz CT molecular complexity index is 713. The first-order chi connectivity index (χ1) is 11.2. The zero-order valence-electron chi connectivity index (χ0n) is 12.4. The highest BCUT2D eigenvalue weighted by Gasteiger charge is 2.33. The van der Waals surface area contributed by atoms with Gasteiger partial charge in [-0.25, -0.2) is 9.90 Å². The Balaban J connectivity index is 1.55. The Hall–Kier alpha value is -2.51. The van der Waals surface area contributed by atoms with E-state index in [4.69, 9.17) is 23.5 Å². The molecule has 0 unspecified atom stereocenters. The molecule has 2 aliphatic heterocycles. The van der Waals surface area contributed by atoms with Gasteiger partial charge in [-0.15, -0.1) is 0 Å². The molecule has 0 bridgehead atoms. The summed E-state index contributed by atoms with van der Waals surface area (Å²) in [6.07, 6.45) is 0.606. The molecular formula is C16H15NO6. The molecule has 7 nitrogen and oxygen atoms in total. The van der Waals surface area contributed by atoms with E-state index in [-0.39, 0.29) is 18.8 Å². The quantitative estimate of drug-likeness (QED) is 0.847. The van der Waals surface area contributed by atoms with Crippen molar-refractivity contribution in [2.75, 3.05) is 13.3 Å². The second-order valence-corrected chi connectivity index (χ2v) is 5.33. The predicted molar refractivity (Wildman–Crippen MR) is 76.7 cm³/mol. The average molecular weight is 317 g/mol. The Morgan fingerprint density at radius 2 is 2.09 bits per heavy atom. The van der Waals surface area contributed by atoms with Crippen molar-refractivity contribution in [2.24, 2.45) is 0 Å². The van der Waals surface area contributed by atoms with Crippen molar-refractivity contribution in [2.45, 2.75) is 19.3 Å². The van der Waals surface area contributed by atoms with E-state index in [9.17, 15) is 4.79 Å². The summed E-state index contributed by atoms with van der Waals surface area (Å²) in [6.45, 7) is 2.36. The van der Waals surface area contributed by atoms with Gasteiger partial charge in [-0.3, -0.25) is 4.79 Å². The van der Waals surface area contributed by atoms with Crippen LogP contribution in [0, 0.1) is 0 Å². The highest BCUT2D eigenvalue weighted by molar-refractivity contribution is 5.94. The molecule has 1 fully saturated rings. The maximum Gasteiger partial charge on any atom is 0.277 e. The predicted octanol–water partition coefficient (Wildman–Crippen LogP) is 2.50. The summed E-state index contributed by atoms with van der Waals surface area (Å²) >= 11 is 0. The van der Waals surface area contributed by atoms with E-state index >= 15 is 0 Å². The first-order valence-corrected chi connectivity index (χ1v) is 7.28. The van der Waals surface area contributed by atoms with Crippen LogP contribution in [0.2, 0.25) is 0 Å². The van der Waals surface area contributed by atoms with Crippen LogP contribution in [0.3, 0.4) is 0 Å². The number of hydrogen-bond acceptors (Lipinski definition) is 6. The summed E-state index contributed by atoms with van der Waals surface area (Å²) in [5.74, 6) is 1.43. The van der Waals surface area contributed by atoms with Crippen LogP contribution in [0.5, 0.6) is 11.5 Å². The van der Waals surface area contributed by atoms with E-state index < -0.39 is 6.29 Å². The van der Waals surface area contributed by atoms with Gasteiger partial charge < -0.3 is 18.6 Å². The molecule has 7 heteroatoms. The van der Waals surface area contributed by atoms with Gasteiger partial charge in [0, 0.05) is 5.56 Å². The second-order valence-electron chi connectivity index (χ2n) is 5.33. The molecule has 0 aliphatic carbocycles. The third kappa shape index (κ3) is 2.64. The Kier molecular flexibility index (Phi) is 3.44. The summed E-state index contributed by atoms with van der Waals surface area (Å²) in [5.41, 5.74) is 0.460. The summed E-state index contributed by atoms with van der Waals surface area (Å²) in [4.78, 5) is 18.3. The van der Waals surface area contributed by atoms with Crippen LogP contribution in [0.25, 0.3) is 0 Å². The summed E-state index contributed by atoms with van der Waals surface area (Å²) < 4.78 is 21.5. The lowest BCUT2D eigenvalue weighted by atomic mass is 10.2. The Morgan fingerprint density at radius 1 is 1.22 bits per heavy atom. The minimum Gasteiger partial charge on any atom is -0.464 e. The number of rotatable bonds is 2. The number of furan rings is 1. The van der Waals surface area contributed by atoms with Crippen molar-refractivity contribution in [3.05, 3.63) is 47.9 Å². The number of hydrogen-bond donors (Lipinski definition) is 0. The van der Waals surface area contributed by atoms with Gasteiger partial charge in [0.25, 0.3) is 5.91 Å². The Morgan fingerprint density at radius 3 is 2.91 bits per heavy atom. The maximum atomic E-state index is 12.7. The van der Waals surface area contributed by atoms with Crippen molar-refractivity contribution in [3.8, 4) is 11.5 Å². The first kappa shape index (κ1) is 14.1. The molecule has 1 amide bonds. The highest BCUT2D eigenvalue weighted by Crippen LogP contribution is 2.34. The molecule has 2 aliphatic rings. The normalized spacial score (nSPS) is 23.1. The van der Waals surface area contributed by atoms with Gasteiger partial charge in [0.1, 0.15) is 0 Å². The van der Waals surface area contributed by atoms with Gasteiger partial charge in [-0.05, 0) is 37.3 Å². The second kappa shape index (κ2) is 5.60. The molecule has 1 saturated heterocycles. The van der Waals surface area contributed by atoms with Crippen molar-refractivity contribution in [1.29, 1.82) is 0 Å². The van der Waals surface area contributed by atoms with Gasteiger partial charge in [0.2, 0.25) is 13.1 Å². The van der Waals surface area contributed by atoms with Crippen LogP contribution in [0.4, 0.5) is 0 Å². The fraction of sp³-hybridized carbons (Fsp3) is 0.312. The molecular weight excluding hydrogens is 302 g/mol. The van der Waals surface area contributed by atoms with E-state index in [0.717, 1.165) is 0 Å². The number of nitrogens with zero attached hydrogens (tertiary/aromatic N) is 1. The van der Waals surface area contributed by atoms with E-state index in [1.807, 2.05) is 6.92 Å². The van der Waals surface area contributed by atoms with Crippen LogP contribution in [-0.2, 0) is 9.57 Å². The molecule has 0 saturated carbocycles. The van der Waals surface area contributed by atoms with Crippen molar-refractivity contribution >= 4 is 5.91 Å². The van der Waals surface area contributed by atoms with Crippen molar-refractivity contribution in [3.63, 3.8) is 0 Å². The molecule has 2 atom stereocenters. The molecule has 1 aromatic heterocycles. The number of carbonyl (C=O) groups excluding carboxylic acids is 1. The molecule has 0 N–H and O–H groups in total. The van der Waals surface area contributed by atoms with Crippen LogP contribution < -0.4 is 9.47 Å². The maximum absolute atomic E-state index is 12.7. The molecule has 4 rings (SSSR count). The lowest BCUT2D eigenvalue weighted by molar-refractivity contribution is -0.325. The number of amides is 1. The smallest absolute Gasteiger partial charge is 0.277 e. The third-order valence-corrected chi connectivity index (χ3v) is 3.62. The van der Waals surface area contributed by atoms with Crippen LogP contribution >= 0.6 is 0 Å². The summed E-state index contributed by atoms with van der Waals surface area (Å²) in [6, 6.07) is 8.53. The zero-order chi connectivity index (χ0) is 15.8. The van der Waals surface area contributed by atoms with Crippen LogP contribution in [-0.4, -0.2) is 30.4 Å². The Labute approximate surface area is 132 Å². The molecule has 2 aromatic rings.